The van der Waals surface area contributed by atoms with Crippen molar-refractivity contribution in [1.29, 1.82) is 0 Å². The fraction of sp³-hybridized carbons (Fsp3) is 0.375. The molecule has 1 aromatic carbocycles. The minimum Gasteiger partial charge on any atom is -0.480 e. The van der Waals surface area contributed by atoms with Crippen LogP contribution in [0.3, 0.4) is 0 Å². The van der Waals surface area contributed by atoms with Gasteiger partial charge in [-0.2, -0.15) is 0 Å². The first kappa shape index (κ1) is 17.1. The lowest BCUT2D eigenvalue weighted by Crippen LogP contribution is -2.37. The minimum absolute atomic E-state index is 0.336. The second-order valence-corrected chi connectivity index (χ2v) is 7.39. The number of nitrogens with one attached hydrogen (secondary N) is 1. The highest BCUT2D eigenvalue weighted by molar-refractivity contribution is 9.10. The van der Waals surface area contributed by atoms with Gasteiger partial charge < -0.3 is 5.11 Å². The Balaban J connectivity index is 1.99. The smallest absolute Gasteiger partial charge is 0.320 e. The molecule has 0 amide bonds. The van der Waals surface area contributed by atoms with Crippen LogP contribution in [-0.2, 0) is 11.3 Å². The number of rotatable bonds is 7. The molecule has 118 valence electrons. The molecule has 1 heterocycles. The SMILES string of the molecule is CC(C)C[C@H](NCc1nc(-c2ccc(Br)cc2)cs1)C(=O)O. The Labute approximate surface area is 142 Å². The number of carboxylic acids is 1. The first-order valence-electron chi connectivity index (χ1n) is 7.12. The second kappa shape index (κ2) is 7.85. The van der Waals surface area contributed by atoms with E-state index in [0.717, 1.165) is 20.7 Å². The van der Waals surface area contributed by atoms with Crippen LogP contribution in [0.5, 0.6) is 0 Å². The fourth-order valence-electron chi connectivity index (χ4n) is 2.10. The van der Waals surface area contributed by atoms with Crippen molar-refractivity contribution in [3.63, 3.8) is 0 Å². The average Bonchev–Trinajstić information content (AvgIpc) is 2.92. The van der Waals surface area contributed by atoms with Gasteiger partial charge in [-0.15, -0.1) is 11.3 Å². The van der Waals surface area contributed by atoms with Gasteiger partial charge in [-0.25, -0.2) is 4.98 Å². The molecule has 0 saturated heterocycles. The topological polar surface area (TPSA) is 62.2 Å². The molecule has 2 N–H and O–H groups in total. The Morgan fingerprint density at radius 2 is 2.05 bits per heavy atom. The van der Waals surface area contributed by atoms with E-state index < -0.39 is 12.0 Å². The van der Waals surface area contributed by atoms with Crippen molar-refractivity contribution < 1.29 is 9.90 Å². The van der Waals surface area contributed by atoms with Gasteiger partial charge in [0.15, 0.2) is 0 Å². The van der Waals surface area contributed by atoms with Gasteiger partial charge in [-0.3, -0.25) is 10.1 Å². The minimum atomic E-state index is -0.807. The molecule has 0 aliphatic rings. The largest absolute Gasteiger partial charge is 0.480 e. The van der Waals surface area contributed by atoms with E-state index in [2.05, 4.69) is 26.2 Å². The van der Waals surface area contributed by atoms with Crippen LogP contribution >= 0.6 is 27.3 Å². The van der Waals surface area contributed by atoms with Gasteiger partial charge in [0.05, 0.1) is 5.69 Å². The van der Waals surface area contributed by atoms with Gasteiger partial charge in [0.1, 0.15) is 11.0 Å². The van der Waals surface area contributed by atoms with E-state index in [4.69, 9.17) is 0 Å². The number of thiazole rings is 1. The summed E-state index contributed by atoms with van der Waals surface area (Å²) in [5.41, 5.74) is 1.98. The summed E-state index contributed by atoms with van der Waals surface area (Å²) < 4.78 is 1.03. The molecule has 2 rings (SSSR count). The third-order valence-electron chi connectivity index (χ3n) is 3.20. The van der Waals surface area contributed by atoms with Gasteiger partial charge in [0.2, 0.25) is 0 Å². The summed E-state index contributed by atoms with van der Waals surface area (Å²) in [6, 6.07) is 7.45. The van der Waals surface area contributed by atoms with E-state index in [0.29, 0.717) is 18.9 Å². The Hall–Kier alpha value is -1.24. The normalized spacial score (nSPS) is 12.5. The summed E-state index contributed by atoms with van der Waals surface area (Å²) in [4.78, 5) is 15.8. The molecule has 6 heteroatoms. The molecular formula is C16H19BrN2O2S. The highest BCUT2D eigenvalue weighted by atomic mass is 79.9. The zero-order chi connectivity index (χ0) is 16.1. The van der Waals surface area contributed by atoms with Crippen molar-refractivity contribution in [2.45, 2.75) is 32.9 Å². The number of aliphatic carboxylic acids is 1. The molecule has 2 aromatic rings. The summed E-state index contributed by atoms with van der Waals surface area (Å²) in [5.74, 6) is -0.471. The maximum Gasteiger partial charge on any atom is 0.320 e. The van der Waals surface area contributed by atoms with Crippen LogP contribution in [0.4, 0.5) is 0 Å². The van der Waals surface area contributed by atoms with Gasteiger partial charge in [-0.05, 0) is 24.5 Å². The lowest BCUT2D eigenvalue weighted by atomic mass is 10.0. The molecule has 0 spiro atoms. The number of halogens is 1. The summed E-state index contributed by atoms with van der Waals surface area (Å²) in [6.07, 6.45) is 0.611. The van der Waals surface area contributed by atoms with Crippen molar-refractivity contribution in [1.82, 2.24) is 10.3 Å². The molecule has 0 aliphatic heterocycles. The monoisotopic (exact) mass is 382 g/mol. The quantitative estimate of drug-likeness (QED) is 0.754. The molecule has 0 fully saturated rings. The van der Waals surface area contributed by atoms with E-state index >= 15 is 0 Å². The molecule has 0 unspecified atom stereocenters. The number of hydrogen-bond donors (Lipinski definition) is 2. The molecular weight excluding hydrogens is 364 g/mol. The van der Waals surface area contributed by atoms with E-state index in [1.54, 1.807) is 11.3 Å². The van der Waals surface area contributed by atoms with Crippen LogP contribution < -0.4 is 5.32 Å². The first-order valence-corrected chi connectivity index (χ1v) is 8.79. The summed E-state index contributed by atoms with van der Waals surface area (Å²) in [6.45, 7) is 4.52. The molecule has 4 nitrogen and oxygen atoms in total. The number of aromatic nitrogens is 1. The highest BCUT2D eigenvalue weighted by Crippen LogP contribution is 2.23. The van der Waals surface area contributed by atoms with Crippen molar-refractivity contribution >= 4 is 33.2 Å². The van der Waals surface area contributed by atoms with Gasteiger partial charge in [0.25, 0.3) is 0 Å². The zero-order valence-corrected chi connectivity index (χ0v) is 14.9. The van der Waals surface area contributed by atoms with Crippen LogP contribution in [0.25, 0.3) is 11.3 Å². The Morgan fingerprint density at radius 1 is 1.36 bits per heavy atom. The fourth-order valence-corrected chi connectivity index (χ4v) is 3.12. The summed E-state index contributed by atoms with van der Waals surface area (Å²) in [5, 5.41) is 15.2. The molecule has 1 aromatic heterocycles. The zero-order valence-electron chi connectivity index (χ0n) is 12.5. The number of benzene rings is 1. The maximum atomic E-state index is 11.2. The van der Waals surface area contributed by atoms with Crippen LogP contribution in [0.1, 0.15) is 25.3 Å². The van der Waals surface area contributed by atoms with E-state index in [1.165, 1.54) is 0 Å². The molecule has 0 saturated carbocycles. The number of carbonyl (C=O) groups is 1. The van der Waals surface area contributed by atoms with Crippen molar-refractivity contribution in [3.8, 4) is 11.3 Å². The first-order chi connectivity index (χ1) is 10.5. The van der Waals surface area contributed by atoms with Crippen LogP contribution in [0.2, 0.25) is 0 Å². The van der Waals surface area contributed by atoms with Gasteiger partial charge in [-0.1, -0.05) is 41.9 Å². The number of nitrogens with zero attached hydrogens (tertiary/aromatic N) is 1. The summed E-state index contributed by atoms with van der Waals surface area (Å²) in [7, 11) is 0. The summed E-state index contributed by atoms with van der Waals surface area (Å²) >= 11 is 4.96. The highest BCUT2D eigenvalue weighted by Gasteiger charge is 2.18. The number of hydrogen-bond acceptors (Lipinski definition) is 4. The maximum absolute atomic E-state index is 11.2. The molecule has 0 radical (unpaired) electrons. The predicted molar refractivity (Wildman–Crippen MR) is 93.0 cm³/mol. The molecule has 22 heavy (non-hydrogen) atoms. The third-order valence-corrected chi connectivity index (χ3v) is 4.57. The Bertz CT molecular complexity index is 625. The second-order valence-electron chi connectivity index (χ2n) is 5.53. The van der Waals surface area contributed by atoms with Crippen LogP contribution in [0, 0.1) is 5.92 Å². The average molecular weight is 383 g/mol. The predicted octanol–water partition coefficient (Wildman–Crippen LogP) is 4.16. The van der Waals surface area contributed by atoms with Crippen molar-refractivity contribution in [2.75, 3.05) is 0 Å². The van der Waals surface area contributed by atoms with E-state index in [9.17, 15) is 9.90 Å². The lowest BCUT2D eigenvalue weighted by molar-refractivity contribution is -0.140. The van der Waals surface area contributed by atoms with Crippen molar-refractivity contribution in [2.24, 2.45) is 5.92 Å². The van der Waals surface area contributed by atoms with Crippen LogP contribution in [0.15, 0.2) is 34.1 Å². The Kier molecular flexibility index (Phi) is 6.11. The van der Waals surface area contributed by atoms with E-state index in [1.807, 2.05) is 43.5 Å². The van der Waals surface area contributed by atoms with Crippen molar-refractivity contribution in [3.05, 3.63) is 39.1 Å². The van der Waals surface area contributed by atoms with Gasteiger partial charge in [0, 0.05) is 22.0 Å². The van der Waals surface area contributed by atoms with Crippen LogP contribution in [-0.4, -0.2) is 22.1 Å². The third kappa shape index (κ3) is 4.90. The standard InChI is InChI=1S/C16H19BrN2O2S/c1-10(2)7-13(16(20)21)18-8-15-19-14(9-22-15)11-3-5-12(17)6-4-11/h3-6,9-10,13,18H,7-8H2,1-2H3,(H,20,21)/t13-/m0/s1. The number of carboxylic acid groups (broad SMARTS) is 1. The molecule has 1 atom stereocenters. The molecule has 0 bridgehead atoms. The van der Waals surface area contributed by atoms with E-state index in [-0.39, 0.29) is 0 Å². The molecule has 0 aliphatic carbocycles. The lowest BCUT2D eigenvalue weighted by Gasteiger charge is -2.15. The Morgan fingerprint density at radius 3 is 2.64 bits per heavy atom. The van der Waals surface area contributed by atoms with Gasteiger partial charge >= 0.3 is 5.97 Å².